The van der Waals surface area contributed by atoms with Crippen LogP contribution in [0.5, 0.6) is 0 Å². The van der Waals surface area contributed by atoms with Gasteiger partial charge >= 0.3 is 5.97 Å². The molecule has 0 aromatic rings. The average molecular weight is 169 g/mol. The summed E-state index contributed by atoms with van der Waals surface area (Å²) >= 11 is 0. The Balaban J connectivity index is 2.64. The van der Waals surface area contributed by atoms with Gasteiger partial charge in [0.15, 0.2) is 0 Å². The first kappa shape index (κ1) is 8.96. The van der Waals surface area contributed by atoms with Crippen molar-refractivity contribution in [2.45, 2.75) is 18.6 Å². The molecule has 0 radical (unpaired) electrons. The van der Waals surface area contributed by atoms with Gasteiger partial charge in [-0.05, 0) is 6.08 Å². The fraction of sp³-hybridized carbons (Fsp3) is 0.375. The van der Waals surface area contributed by atoms with E-state index in [1.54, 1.807) is 12.2 Å². The molecule has 66 valence electrons. The van der Waals surface area contributed by atoms with Crippen LogP contribution in [-0.4, -0.2) is 21.9 Å². The van der Waals surface area contributed by atoms with Crippen molar-refractivity contribution in [2.24, 2.45) is 5.73 Å². The van der Waals surface area contributed by atoms with E-state index in [0.717, 1.165) is 0 Å². The molecule has 0 saturated heterocycles. The van der Waals surface area contributed by atoms with Crippen LogP contribution >= 0.6 is 0 Å². The third-order valence-electron chi connectivity index (χ3n) is 1.61. The van der Waals surface area contributed by atoms with E-state index in [1.165, 1.54) is 6.08 Å². The second kappa shape index (κ2) is 3.08. The number of rotatable bonds is 2. The minimum absolute atomic E-state index is 0.0656. The first-order valence-electron chi connectivity index (χ1n) is 3.60. The Hall–Kier alpha value is -1.13. The Bertz CT molecular complexity index is 253. The van der Waals surface area contributed by atoms with Crippen LogP contribution in [0, 0.1) is 0 Å². The highest BCUT2D eigenvalue weighted by atomic mass is 16.4. The number of aliphatic carboxylic acids is 1. The van der Waals surface area contributed by atoms with Crippen LogP contribution in [0.4, 0.5) is 0 Å². The zero-order valence-corrected chi connectivity index (χ0v) is 6.53. The lowest BCUT2D eigenvalue weighted by atomic mass is 9.96. The Morgan fingerprint density at radius 3 is 2.92 bits per heavy atom. The average Bonchev–Trinajstić information content (AvgIpc) is 1.82. The molecule has 12 heavy (non-hydrogen) atoms. The second-order valence-electron chi connectivity index (χ2n) is 2.92. The van der Waals surface area contributed by atoms with E-state index in [4.69, 9.17) is 10.8 Å². The molecule has 0 saturated carbocycles. The second-order valence-corrected chi connectivity index (χ2v) is 2.92. The predicted octanol–water partition coefficient (Wildman–Crippen LogP) is -0.00530. The molecule has 4 heteroatoms. The largest absolute Gasteiger partial charge is 0.481 e. The zero-order chi connectivity index (χ0) is 9.19. The Morgan fingerprint density at radius 1 is 1.75 bits per heavy atom. The van der Waals surface area contributed by atoms with Crippen molar-refractivity contribution in [3.8, 4) is 0 Å². The maximum Gasteiger partial charge on any atom is 0.307 e. The van der Waals surface area contributed by atoms with Crippen molar-refractivity contribution in [3.63, 3.8) is 0 Å². The van der Waals surface area contributed by atoms with Gasteiger partial charge in [0.1, 0.15) is 5.72 Å². The summed E-state index contributed by atoms with van der Waals surface area (Å²) < 4.78 is 0. The first-order valence-corrected chi connectivity index (χ1v) is 3.60. The lowest BCUT2D eigenvalue weighted by molar-refractivity contribution is -0.136. The topological polar surface area (TPSA) is 83.5 Å². The number of carbonyl (C=O) groups is 1. The third kappa shape index (κ3) is 2.48. The molecule has 0 aromatic heterocycles. The quantitative estimate of drug-likeness (QED) is 0.508. The van der Waals surface area contributed by atoms with Crippen LogP contribution in [0.2, 0.25) is 0 Å². The first-order chi connectivity index (χ1) is 5.49. The maximum absolute atomic E-state index is 10.3. The normalized spacial score (nSPS) is 28.3. The van der Waals surface area contributed by atoms with Gasteiger partial charge in [0.05, 0.1) is 6.42 Å². The number of allylic oxidation sites excluding steroid dienone is 2. The minimum atomic E-state index is -1.38. The molecular weight excluding hydrogens is 158 g/mol. The number of hydrogen-bond acceptors (Lipinski definition) is 3. The van der Waals surface area contributed by atoms with E-state index in [9.17, 15) is 9.90 Å². The SMILES string of the molecule is NC1(O)C=CC=C(CC(=O)O)C1. The van der Waals surface area contributed by atoms with Gasteiger partial charge in [-0.25, -0.2) is 0 Å². The monoisotopic (exact) mass is 169 g/mol. The summed E-state index contributed by atoms with van der Waals surface area (Å²) in [6.45, 7) is 0. The van der Waals surface area contributed by atoms with E-state index in [0.29, 0.717) is 5.57 Å². The fourth-order valence-electron chi connectivity index (χ4n) is 1.15. The molecule has 4 nitrogen and oxygen atoms in total. The van der Waals surface area contributed by atoms with Crippen LogP contribution in [0.3, 0.4) is 0 Å². The molecule has 1 atom stereocenters. The van der Waals surface area contributed by atoms with Gasteiger partial charge in [0, 0.05) is 6.42 Å². The fourth-order valence-corrected chi connectivity index (χ4v) is 1.15. The molecule has 1 unspecified atom stereocenters. The van der Waals surface area contributed by atoms with Gasteiger partial charge < -0.3 is 15.9 Å². The minimum Gasteiger partial charge on any atom is -0.481 e. The Kier molecular flexibility index (Phi) is 2.30. The highest BCUT2D eigenvalue weighted by Crippen LogP contribution is 2.20. The van der Waals surface area contributed by atoms with E-state index in [2.05, 4.69) is 0 Å². The lowest BCUT2D eigenvalue weighted by Crippen LogP contribution is -2.38. The summed E-state index contributed by atoms with van der Waals surface area (Å²) in [4.78, 5) is 10.3. The Labute approximate surface area is 70.0 Å². The molecule has 4 N–H and O–H groups in total. The summed E-state index contributed by atoms with van der Waals surface area (Å²) in [6, 6.07) is 0. The van der Waals surface area contributed by atoms with Crippen LogP contribution in [-0.2, 0) is 4.79 Å². The van der Waals surface area contributed by atoms with Gasteiger partial charge in [0.25, 0.3) is 0 Å². The van der Waals surface area contributed by atoms with Crippen molar-refractivity contribution in [2.75, 3.05) is 0 Å². The lowest BCUT2D eigenvalue weighted by Gasteiger charge is -2.22. The molecule has 0 aromatic carbocycles. The van der Waals surface area contributed by atoms with E-state index in [-0.39, 0.29) is 12.8 Å². The number of nitrogens with two attached hydrogens (primary N) is 1. The van der Waals surface area contributed by atoms with E-state index >= 15 is 0 Å². The smallest absolute Gasteiger partial charge is 0.307 e. The predicted molar refractivity (Wildman–Crippen MR) is 43.2 cm³/mol. The van der Waals surface area contributed by atoms with E-state index in [1.807, 2.05) is 0 Å². The highest BCUT2D eigenvalue weighted by molar-refractivity contribution is 5.70. The van der Waals surface area contributed by atoms with Crippen molar-refractivity contribution in [1.82, 2.24) is 0 Å². The maximum atomic E-state index is 10.3. The summed E-state index contributed by atoms with van der Waals surface area (Å²) in [7, 11) is 0. The van der Waals surface area contributed by atoms with Gasteiger partial charge in [-0.3, -0.25) is 4.79 Å². The molecule has 0 amide bonds. The molecule has 0 aliphatic heterocycles. The van der Waals surface area contributed by atoms with Crippen molar-refractivity contribution < 1.29 is 15.0 Å². The number of carboxylic acids is 1. The van der Waals surface area contributed by atoms with Gasteiger partial charge in [0.2, 0.25) is 0 Å². The molecule has 0 spiro atoms. The van der Waals surface area contributed by atoms with Crippen LogP contribution in [0.25, 0.3) is 0 Å². The van der Waals surface area contributed by atoms with E-state index < -0.39 is 11.7 Å². The summed E-state index contributed by atoms with van der Waals surface area (Å²) in [5, 5.41) is 17.8. The summed E-state index contributed by atoms with van der Waals surface area (Å²) in [5.41, 5.74) is 4.64. The number of carboxylic acid groups (broad SMARTS) is 1. The van der Waals surface area contributed by atoms with Crippen LogP contribution in [0.1, 0.15) is 12.8 Å². The van der Waals surface area contributed by atoms with Crippen LogP contribution < -0.4 is 5.73 Å². The zero-order valence-electron chi connectivity index (χ0n) is 6.53. The van der Waals surface area contributed by atoms with Crippen molar-refractivity contribution in [3.05, 3.63) is 23.8 Å². The Morgan fingerprint density at radius 2 is 2.42 bits per heavy atom. The van der Waals surface area contributed by atoms with Gasteiger partial charge in [-0.1, -0.05) is 17.7 Å². The van der Waals surface area contributed by atoms with Gasteiger partial charge in [-0.15, -0.1) is 0 Å². The van der Waals surface area contributed by atoms with Crippen LogP contribution in [0.15, 0.2) is 23.8 Å². The van der Waals surface area contributed by atoms with Gasteiger partial charge in [-0.2, -0.15) is 0 Å². The molecule has 0 heterocycles. The van der Waals surface area contributed by atoms with Crippen molar-refractivity contribution >= 4 is 5.97 Å². The molecular formula is C8H11NO3. The standard InChI is InChI=1S/C8H11NO3/c9-8(12)3-1-2-6(5-8)4-7(10)11/h1-3,12H,4-5,9H2,(H,10,11). The summed E-state index contributed by atoms with van der Waals surface area (Å²) in [6.07, 6.45) is 4.80. The molecule has 1 aliphatic rings. The molecule has 1 rings (SSSR count). The highest BCUT2D eigenvalue weighted by Gasteiger charge is 2.22. The summed E-state index contributed by atoms with van der Waals surface area (Å²) in [5.74, 6) is -0.910. The number of hydrogen-bond donors (Lipinski definition) is 3. The molecule has 1 aliphatic carbocycles. The molecule has 0 fully saturated rings. The number of aliphatic hydroxyl groups is 1. The molecule has 0 bridgehead atoms. The third-order valence-corrected chi connectivity index (χ3v) is 1.61. The van der Waals surface area contributed by atoms with Crippen molar-refractivity contribution in [1.29, 1.82) is 0 Å².